The van der Waals surface area contributed by atoms with Crippen LogP contribution in [0.15, 0.2) is 18.2 Å². The maximum Gasteiger partial charge on any atom is 0.304 e. The van der Waals surface area contributed by atoms with Gasteiger partial charge in [0, 0.05) is 11.8 Å². The molecule has 1 atom stereocenters. The molecule has 1 rings (SSSR count). The molecule has 0 fully saturated rings. The average molecular weight is 206 g/mol. The monoisotopic (exact) mass is 206 g/mol. The Balaban J connectivity index is 2.80. The number of ether oxygens (including phenoxy) is 1. The van der Waals surface area contributed by atoms with Gasteiger partial charge in [-0.25, -0.2) is 8.78 Å². The Hall–Kier alpha value is -1.59. The van der Waals surface area contributed by atoms with Crippen LogP contribution in [-0.4, -0.2) is 12.8 Å². The molecule has 0 amide bonds. The summed E-state index contributed by atoms with van der Waals surface area (Å²) in [5, 5.41) is 0. The van der Waals surface area contributed by atoms with E-state index in [1.54, 1.807) is 0 Å². The van der Waals surface area contributed by atoms with E-state index in [-0.39, 0.29) is 17.1 Å². The van der Waals surface area contributed by atoms with Crippen molar-refractivity contribution in [1.29, 1.82) is 0 Å². The highest BCUT2D eigenvalue weighted by atomic mass is 19.3. The van der Waals surface area contributed by atoms with Crippen molar-refractivity contribution in [2.24, 2.45) is 0 Å². The maximum atomic E-state index is 12.5. The van der Waals surface area contributed by atoms with Crippen LogP contribution in [0.1, 0.15) is 0 Å². The van der Waals surface area contributed by atoms with Gasteiger partial charge in [0.1, 0.15) is 5.75 Å². The fourth-order valence-corrected chi connectivity index (χ4v) is 0.826. The zero-order valence-electron chi connectivity index (χ0n) is 7.08. The quantitative estimate of drug-likeness (QED) is 0.741. The van der Waals surface area contributed by atoms with Crippen LogP contribution in [0.4, 0.5) is 24.5 Å². The Labute approximate surface area is 78.5 Å². The summed E-state index contributed by atoms with van der Waals surface area (Å²) >= 11 is 0. The van der Waals surface area contributed by atoms with Crippen LogP contribution in [-0.2, 0) is 0 Å². The lowest BCUT2D eigenvalue weighted by molar-refractivity contribution is -0.0664. The fraction of sp³-hybridized carbons (Fsp3) is 0.250. The zero-order valence-corrected chi connectivity index (χ0v) is 7.08. The maximum absolute atomic E-state index is 12.5. The van der Waals surface area contributed by atoms with Crippen molar-refractivity contribution in [3.05, 3.63) is 18.2 Å². The predicted octanol–water partition coefficient (Wildman–Crippen LogP) is 1.79. The van der Waals surface area contributed by atoms with Crippen molar-refractivity contribution in [2.75, 3.05) is 11.5 Å². The Morgan fingerprint density at radius 3 is 2.36 bits per heavy atom. The summed E-state index contributed by atoms with van der Waals surface area (Å²) in [6.07, 6.45) is -5.91. The van der Waals surface area contributed by atoms with Gasteiger partial charge in [0.2, 0.25) is 0 Å². The second-order valence-electron chi connectivity index (χ2n) is 2.60. The van der Waals surface area contributed by atoms with E-state index in [0.717, 1.165) is 0 Å². The molecule has 78 valence electrons. The van der Waals surface area contributed by atoms with Crippen LogP contribution in [0.3, 0.4) is 0 Å². The summed E-state index contributed by atoms with van der Waals surface area (Å²) < 4.78 is 40.3. The molecule has 0 spiro atoms. The van der Waals surface area contributed by atoms with E-state index >= 15 is 0 Å². The number of hydrogen-bond donors (Lipinski definition) is 2. The van der Waals surface area contributed by atoms with E-state index < -0.39 is 12.8 Å². The third kappa shape index (κ3) is 2.45. The molecular weight excluding hydrogens is 197 g/mol. The summed E-state index contributed by atoms with van der Waals surface area (Å²) in [7, 11) is 0. The van der Waals surface area contributed by atoms with Crippen LogP contribution < -0.4 is 16.2 Å². The number of nitrogens with two attached hydrogens (primary N) is 2. The molecule has 4 N–H and O–H groups in total. The molecule has 0 aromatic heterocycles. The Bertz CT molecular complexity index is 319. The SMILES string of the molecule is Nc1ccc(N)c(OC(F)C(F)F)c1. The van der Waals surface area contributed by atoms with E-state index in [1.807, 2.05) is 0 Å². The first-order chi connectivity index (χ1) is 6.50. The molecule has 0 aliphatic heterocycles. The molecule has 0 aliphatic carbocycles. The van der Waals surface area contributed by atoms with Gasteiger partial charge in [-0.05, 0) is 12.1 Å². The lowest BCUT2D eigenvalue weighted by Crippen LogP contribution is -2.20. The van der Waals surface area contributed by atoms with Gasteiger partial charge in [0.05, 0.1) is 5.69 Å². The summed E-state index contributed by atoms with van der Waals surface area (Å²) in [6.45, 7) is 0. The molecule has 3 nitrogen and oxygen atoms in total. The number of rotatable bonds is 3. The fourth-order valence-electron chi connectivity index (χ4n) is 0.826. The van der Waals surface area contributed by atoms with E-state index in [0.29, 0.717) is 0 Å². The topological polar surface area (TPSA) is 61.3 Å². The van der Waals surface area contributed by atoms with Gasteiger partial charge in [-0.3, -0.25) is 0 Å². The Morgan fingerprint density at radius 2 is 1.79 bits per heavy atom. The second-order valence-corrected chi connectivity index (χ2v) is 2.60. The zero-order chi connectivity index (χ0) is 10.7. The van der Waals surface area contributed by atoms with E-state index in [4.69, 9.17) is 11.5 Å². The van der Waals surface area contributed by atoms with E-state index in [1.165, 1.54) is 18.2 Å². The standard InChI is InChI=1S/C8H9F3N2O/c9-7(10)8(11)14-6-3-4(12)1-2-5(6)13/h1-3,7-8H,12-13H2. The van der Waals surface area contributed by atoms with Gasteiger partial charge in [-0.1, -0.05) is 0 Å². The van der Waals surface area contributed by atoms with Gasteiger partial charge < -0.3 is 16.2 Å². The first-order valence-corrected chi connectivity index (χ1v) is 3.74. The summed E-state index contributed by atoms with van der Waals surface area (Å²) in [5.74, 6) is -0.183. The average Bonchev–Trinajstić information content (AvgIpc) is 2.11. The number of hydrogen-bond acceptors (Lipinski definition) is 3. The minimum Gasteiger partial charge on any atom is -0.452 e. The minimum atomic E-state index is -3.21. The highest BCUT2D eigenvalue weighted by Crippen LogP contribution is 2.26. The molecule has 0 heterocycles. The molecule has 6 heteroatoms. The molecule has 1 aromatic rings. The van der Waals surface area contributed by atoms with Gasteiger partial charge >= 0.3 is 6.43 Å². The molecule has 1 unspecified atom stereocenters. The van der Waals surface area contributed by atoms with E-state index in [9.17, 15) is 13.2 Å². The molecule has 14 heavy (non-hydrogen) atoms. The van der Waals surface area contributed by atoms with Crippen LogP contribution in [0, 0.1) is 0 Å². The van der Waals surface area contributed by atoms with Gasteiger partial charge in [0.15, 0.2) is 0 Å². The van der Waals surface area contributed by atoms with Gasteiger partial charge in [-0.15, -0.1) is 0 Å². The predicted molar refractivity (Wildman–Crippen MR) is 46.8 cm³/mol. The van der Waals surface area contributed by atoms with Crippen molar-refractivity contribution >= 4 is 11.4 Å². The summed E-state index contributed by atoms with van der Waals surface area (Å²) in [6, 6.07) is 3.99. The number of benzene rings is 1. The lowest BCUT2D eigenvalue weighted by Gasteiger charge is -2.12. The Morgan fingerprint density at radius 1 is 1.14 bits per heavy atom. The van der Waals surface area contributed by atoms with Crippen LogP contribution >= 0.6 is 0 Å². The summed E-state index contributed by atoms with van der Waals surface area (Å²) in [5.41, 5.74) is 11.0. The normalized spacial score (nSPS) is 12.9. The van der Waals surface area contributed by atoms with Crippen molar-refractivity contribution < 1.29 is 17.9 Å². The molecule has 0 bridgehead atoms. The molecule has 0 aliphatic rings. The molecule has 0 radical (unpaired) electrons. The van der Waals surface area contributed by atoms with Crippen molar-refractivity contribution in [1.82, 2.24) is 0 Å². The summed E-state index contributed by atoms with van der Waals surface area (Å²) in [4.78, 5) is 0. The molecular formula is C8H9F3N2O. The highest BCUT2D eigenvalue weighted by molar-refractivity contribution is 5.59. The Kier molecular flexibility index (Phi) is 3.06. The van der Waals surface area contributed by atoms with Crippen LogP contribution in [0.5, 0.6) is 5.75 Å². The van der Waals surface area contributed by atoms with Crippen LogP contribution in [0.25, 0.3) is 0 Å². The minimum absolute atomic E-state index is 0.0579. The number of nitrogen functional groups attached to an aromatic ring is 2. The van der Waals surface area contributed by atoms with Gasteiger partial charge in [-0.2, -0.15) is 4.39 Å². The van der Waals surface area contributed by atoms with Crippen molar-refractivity contribution in [3.63, 3.8) is 0 Å². The van der Waals surface area contributed by atoms with Gasteiger partial charge in [0.25, 0.3) is 6.36 Å². The first-order valence-electron chi connectivity index (χ1n) is 3.74. The lowest BCUT2D eigenvalue weighted by atomic mass is 10.2. The van der Waals surface area contributed by atoms with E-state index in [2.05, 4.69) is 4.74 Å². The largest absolute Gasteiger partial charge is 0.452 e. The van der Waals surface area contributed by atoms with Crippen LogP contribution in [0.2, 0.25) is 0 Å². The number of alkyl halides is 3. The molecule has 0 saturated carbocycles. The van der Waals surface area contributed by atoms with Crippen molar-refractivity contribution in [3.8, 4) is 5.75 Å². The number of anilines is 2. The molecule has 1 aromatic carbocycles. The number of halogens is 3. The second kappa shape index (κ2) is 4.08. The van der Waals surface area contributed by atoms with Crippen molar-refractivity contribution in [2.45, 2.75) is 12.8 Å². The third-order valence-electron chi connectivity index (χ3n) is 1.48. The first kappa shape index (κ1) is 10.5. The highest BCUT2D eigenvalue weighted by Gasteiger charge is 2.21. The molecule has 0 saturated heterocycles. The third-order valence-corrected chi connectivity index (χ3v) is 1.48. The smallest absolute Gasteiger partial charge is 0.304 e.